The molecule has 70 valence electrons. The van der Waals surface area contributed by atoms with E-state index in [0.717, 1.165) is 30.6 Å². The third kappa shape index (κ3) is 1.32. The molecule has 4 nitrogen and oxygen atoms in total. The first-order chi connectivity index (χ1) is 6.33. The molecule has 0 aromatic carbocycles. The van der Waals surface area contributed by atoms with Crippen LogP contribution in [0.1, 0.15) is 28.9 Å². The van der Waals surface area contributed by atoms with Crippen LogP contribution in [0.2, 0.25) is 0 Å². The zero-order valence-corrected chi connectivity index (χ0v) is 7.71. The maximum Gasteiger partial charge on any atom is 0.254 e. The van der Waals surface area contributed by atoms with Crippen molar-refractivity contribution in [1.29, 1.82) is 0 Å². The Bertz CT molecular complexity index is 330. The molecule has 1 aromatic heterocycles. The molecule has 0 saturated heterocycles. The summed E-state index contributed by atoms with van der Waals surface area (Å²) in [5.74, 6) is -0.0249. The molecule has 0 atom stereocenters. The largest absolute Gasteiger partial charge is 0.355 e. The lowest BCUT2D eigenvalue weighted by molar-refractivity contribution is 0.0961. The Kier molecular flexibility index (Phi) is 2.04. The van der Waals surface area contributed by atoms with Gasteiger partial charge in [0, 0.05) is 13.6 Å². The smallest absolute Gasteiger partial charge is 0.254 e. The molecule has 4 heteroatoms. The Balaban J connectivity index is 2.36. The molecule has 1 aromatic rings. The van der Waals surface area contributed by atoms with E-state index in [1.165, 1.54) is 6.42 Å². The van der Waals surface area contributed by atoms with Gasteiger partial charge in [-0.05, 0) is 19.3 Å². The zero-order chi connectivity index (χ0) is 9.26. The van der Waals surface area contributed by atoms with Gasteiger partial charge in [0.15, 0.2) is 0 Å². The minimum atomic E-state index is -0.0249. The van der Waals surface area contributed by atoms with Gasteiger partial charge in [-0.25, -0.2) is 0 Å². The van der Waals surface area contributed by atoms with E-state index in [-0.39, 0.29) is 5.91 Å². The number of amides is 1. The molecule has 0 spiro atoms. The highest BCUT2D eigenvalue weighted by molar-refractivity contribution is 5.94. The second-order valence-corrected chi connectivity index (χ2v) is 3.26. The average molecular weight is 179 g/mol. The number of fused-ring (bicyclic) bond motifs is 1. The van der Waals surface area contributed by atoms with Crippen LogP contribution in [0.15, 0.2) is 6.20 Å². The van der Waals surface area contributed by atoms with Crippen LogP contribution in [0.4, 0.5) is 0 Å². The molecular formula is C9H13N3O. The molecule has 0 saturated carbocycles. The van der Waals surface area contributed by atoms with E-state index in [2.05, 4.69) is 10.4 Å². The normalized spacial score (nSPS) is 15.2. The molecule has 1 aliphatic heterocycles. The van der Waals surface area contributed by atoms with E-state index >= 15 is 0 Å². The number of hydrogen-bond donors (Lipinski definition) is 1. The van der Waals surface area contributed by atoms with E-state index in [9.17, 15) is 4.79 Å². The van der Waals surface area contributed by atoms with Crippen molar-refractivity contribution >= 4 is 5.91 Å². The van der Waals surface area contributed by atoms with Crippen molar-refractivity contribution in [1.82, 2.24) is 15.1 Å². The number of aryl methyl sites for hydroxylation is 1. The quantitative estimate of drug-likeness (QED) is 0.685. The molecule has 1 amide bonds. The van der Waals surface area contributed by atoms with Crippen molar-refractivity contribution in [2.24, 2.45) is 0 Å². The first-order valence-electron chi connectivity index (χ1n) is 4.59. The number of carbonyl (C=O) groups excluding carboxylic acids is 1. The van der Waals surface area contributed by atoms with E-state index in [1.54, 1.807) is 13.2 Å². The number of nitrogens with zero attached hydrogens (tertiary/aromatic N) is 2. The van der Waals surface area contributed by atoms with Crippen molar-refractivity contribution in [2.75, 3.05) is 7.05 Å². The van der Waals surface area contributed by atoms with Crippen molar-refractivity contribution in [3.8, 4) is 0 Å². The van der Waals surface area contributed by atoms with Gasteiger partial charge in [0.1, 0.15) is 0 Å². The molecule has 2 heterocycles. The van der Waals surface area contributed by atoms with Gasteiger partial charge in [-0.1, -0.05) is 0 Å². The molecule has 2 rings (SSSR count). The second-order valence-electron chi connectivity index (χ2n) is 3.26. The summed E-state index contributed by atoms with van der Waals surface area (Å²) in [7, 11) is 1.65. The average Bonchev–Trinajstić information content (AvgIpc) is 2.60. The molecular weight excluding hydrogens is 166 g/mol. The Hall–Kier alpha value is -1.32. The highest BCUT2D eigenvalue weighted by Gasteiger charge is 2.18. The summed E-state index contributed by atoms with van der Waals surface area (Å²) >= 11 is 0. The van der Waals surface area contributed by atoms with Crippen molar-refractivity contribution in [3.05, 3.63) is 17.5 Å². The first kappa shape index (κ1) is 8.29. The van der Waals surface area contributed by atoms with Gasteiger partial charge < -0.3 is 5.32 Å². The van der Waals surface area contributed by atoms with E-state index in [1.807, 2.05) is 4.68 Å². The summed E-state index contributed by atoms with van der Waals surface area (Å²) < 4.78 is 1.94. The monoisotopic (exact) mass is 179 g/mol. The summed E-state index contributed by atoms with van der Waals surface area (Å²) in [5, 5.41) is 6.81. The Morgan fingerprint density at radius 3 is 3.23 bits per heavy atom. The summed E-state index contributed by atoms with van der Waals surface area (Å²) in [6, 6.07) is 0. The molecule has 1 N–H and O–H groups in total. The first-order valence-corrected chi connectivity index (χ1v) is 4.59. The van der Waals surface area contributed by atoms with Gasteiger partial charge in [-0.2, -0.15) is 5.10 Å². The Labute approximate surface area is 76.9 Å². The van der Waals surface area contributed by atoms with E-state index in [4.69, 9.17) is 0 Å². The van der Waals surface area contributed by atoms with Gasteiger partial charge in [-0.15, -0.1) is 0 Å². The molecule has 0 aliphatic carbocycles. The lowest BCUT2D eigenvalue weighted by atomic mass is 10.1. The Morgan fingerprint density at radius 1 is 1.62 bits per heavy atom. The van der Waals surface area contributed by atoms with Crippen LogP contribution < -0.4 is 5.32 Å². The van der Waals surface area contributed by atoms with Gasteiger partial charge in [-0.3, -0.25) is 9.48 Å². The topological polar surface area (TPSA) is 46.9 Å². The minimum absolute atomic E-state index is 0.0249. The molecule has 1 aliphatic rings. The highest BCUT2D eigenvalue weighted by Crippen LogP contribution is 2.17. The van der Waals surface area contributed by atoms with Crippen LogP contribution in [0.3, 0.4) is 0 Å². The highest BCUT2D eigenvalue weighted by atomic mass is 16.1. The second kappa shape index (κ2) is 3.20. The SMILES string of the molecule is CNC(=O)c1cnn2c1CCCC2. The zero-order valence-electron chi connectivity index (χ0n) is 7.71. The molecule has 0 bridgehead atoms. The number of hydrogen-bond acceptors (Lipinski definition) is 2. The van der Waals surface area contributed by atoms with Crippen LogP contribution in [-0.4, -0.2) is 22.7 Å². The predicted octanol–water partition coefficient (Wildman–Crippen LogP) is 0.579. The van der Waals surface area contributed by atoms with Gasteiger partial charge >= 0.3 is 0 Å². The van der Waals surface area contributed by atoms with Crippen LogP contribution in [0, 0.1) is 0 Å². The van der Waals surface area contributed by atoms with E-state index < -0.39 is 0 Å². The van der Waals surface area contributed by atoms with E-state index in [0.29, 0.717) is 0 Å². The Morgan fingerprint density at radius 2 is 2.46 bits per heavy atom. The minimum Gasteiger partial charge on any atom is -0.355 e. The standard InChI is InChI=1S/C9H13N3O/c1-10-9(13)7-6-11-12-5-3-2-4-8(7)12/h6H,2-5H2,1H3,(H,10,13). The van der Waals surface area contributed by atoms with Crippen LogP contribution >= 0.6 is 0 Å². The van der Waals surface area contributed by atoms with Crippen LogP contribution in [0.5, 0.6) is 0 Å². The predicted molar refractivity (Wildman–Crippen MR) is 48.6 cm³/mol. The fourth-order valence-electron chi connectivity index (χ4n) is 1.75. The third-order valence-corrected chi connectivity index (χ3v) is 2.45. The fraction of sp³-hybridized carbons (Fsp3) is 0.556. The van der Waals surface area contributed by atoms with Gasteiger partial charge in [0.05, 0.1) is 17.5 Å². The van der Waals surface area contributed by atoms with Crippen LogP contribution in [-0.2, 0) is 13.0 Å². The fourth-order valence-corrected chi connectivity index (χ4v) is 1.75. The molecule has 13 heavy (non-hydrogen) atoms. The maximum absolute atomic E-state index is 11.4. The summed E-state index contributed by atoms with van der Waals surface area (Å²) in [4.78, 5) is 11.4. The molecule has 0 radical (unpaired) electrons. The number of aromatic nitrogens is 2. The van der Waals surface area contributed by atoms with Crippen molar-refractivity contribution in [3.63, 3.8) is 0 Å². The maximum atomic E-state index is 11.4. The number of rotatable bonds is 1. The summed E-state index contributed by atoms with van der Waals surface area (Å²) in [6.45, 7) is 0.951. The third-order valence-electron chi connectivity index (χ3n) is 2.45. The summed E-state index contributed by atoms with van der Waals surface area (Å²) in [5.41, 5.74) is 1.83. The van der Waals surface area contributed by atoms with Gasteiger partial charge in [0.2, 0.25) is 0 Å². The number of nitrogens with one attached hydrogen (secondary N) is 1. The van der Waals surface area contributed by atoms with Crippen molar-refractivity contribution in [2.45, 2.75) is 25.8 Å². The lowest BCUT2D eigenvalue weighted by Crippen LogP contribution is -2.21. The lowest BCUT2D eigenvalue weighted by Gasteiger charge is -2.13. The van der Waals surface area contributed by atoms with Crippen LogP contribution in [0.25, 0.3) is 0 Å². The molecule has 0 fully saturated rings. The van der Waals surface area contributed by atoms with Gasteiger partial charge in [0.25, 0.3) is 5.91 Å². The summed E-state index contributed by atoms with van der Waals surface area (Å²) in [6.07, 6.45) is 4.97. The number of carbonyl (C=O) groups is 1. The van der Waals surface area contributed by atoms with Crippen molar-refractivity contribution < 1.29 is 4.79 Å². The molecule has 0 unspecified atom stereocenters.